The number of likely N-dealkylation sites (tertiary alicyclic amines) is 1. The zero-order chi connectivity index (χ0) is 31.4. The Morgan fingerprint density at radius 3 is 2.57 bits per heavy atom. The van der Waals surface area contributed by atoms with Crippen molar-refractivity contribution < 1.29 is 27.8 Å². The van der Waals surface area contributed by atoms with E-state index in [1.54, 1.807) is 18.5 Å². The van der Waals surface area contributed by atoms with Crippen molar-refractivity contribution in [3.63, 3.8) is 0 Å². The summed E-state index contributed by atoms with van der Waals surface area (Å²) in [4.78, 5) is 30.5. The molecule has 2 fully saturated rings. The molecule has 9 nitrogen and oxygen atoms in total. The highest BCUT2D eigenvalue weighted by Gasteiger charge is 2.35. The molecule has 2 aromatic heterocycles. The van der Waals surface area contributed by atoms with Gasteiger partial charge in [-0.3, -0.25) is 14.7 Å². The molecule has 1 atom stereocenters. The van der Waals surface area contributed by atoms with Gasteiger partial charge in [0.25, 0.3) is 0 Å². The lowest BCUT2D eigenvalue weighted by molar-refractivity contribution is -0.142. The van der Waals surface area contributed by atoms with E-state index < -0.39 is 17.7 Å². The SMILES string of the molecule is COc1ccc(-c2nc(NCCc3cnc(N4CCC(C(=O)O)CC4)cn3)sc2CN2CCCC2C(C)C)cc1C(F)(F)F. The summed E-state index contributed by atoms with van der Waals surface area (Å²) in [6.07, 6.45) is 2.87. The van der Waals surface area contributed by atoms with Crippen molar-refractivity contribution in [2.75, 3.05) is 43.5 Å². The Bertz CT molecular complexity index is 1420. The third-order valence-electron chi connectivity index (χ3n) is 8.52. The van der Waals surface area contributed by atoms with Crippen LogP contribution in [0.2, 0.25) is 0 Å². The van der Waals surface area contributed by atoms with Crippen molar-refractivity contribution >= 4 is 28.3 Å². The van der Waals surface area contributed by atoms with Gasteiger partial charge in [0.2, 0.25) is 0 Å². The number of ether oxygens (including phenoxy) is 1. The minimum Gasteiger partial charge on any atom is -0.496 e. The van der Waals surface area contributed by atoms with E-state index in [4.69, 9.17) is 9.72 Å². The largest absolute Gasteiger partial charge is 0.496 e. The number of aromatic nitrogens is 3. The molecule has 2 aliphatic rings. The number of halogens is 3. The Labute approximate surface area is 259 Å². The maximum atomic E-state index is 13.9. The molecule has 0 spiro atoms. The van der Waals surface area contributed by atoms with E-state index in [2.05, 4.69) is 38.9 Å². The number of carbonyl (C=O) groups is 1. The number of anilines is 2. The van der Waals surface area contributed by atoms with Gasteiger partial charge >= 0.3 is 12.1 Å². The number of carboxylic acid groups (broad SMARTS) is 1. The molecule has 0 bridgehead atoms. The average molecular weight is 633 g/mol. The van der Waals surface area contributed by atoms with Crippen LogP contribution in [0.5, 0.6) is 5.75 Å². The van der Waals surface area contributed by atoms with Crippen LogP contribution in [-0.2, 0) is 23.9 Å². The Morgan fingerprint density at radius 1 is 1.16 bits per heavy atom. The number of nitrogens with one attached hydrogen (secondary N) is 1. The molecular formula is C31H39F3N6O3S. The molecule has 13 heteroatoms. The van der Waals surface area contributed by atoms with Crippen LogP contribution >= 0.6 is 11.3 Å². The third-order valence-corrected chi connectivity index (χ3v) is 9.52. The number of alkyl halides is 3. The number of methoxy groups -OCH3 is 1. The zero-order valence-electron chi connectivity index (χ0n) is 25.2. The van der Waals surface area contributed by atoms with Gasteiger partial charge in [0.05, 0.1) is 42.4 Å². The minimum atomic E-state index is -4.55. The summed E-state index contributed by atoms with van der Waals surface area (Å²) in [5, 5.41) is 13.2. The summed E-state index contributed by atoms with van der Waals surface area (Å²) in [6, 6.07) is 4.55. The summed E-state index contributed by atoms with van der Waals surface area (Å²) < 4.78 is 46.6. The van der Waals surface area contributed by atoms with Gasteiger partial charge in [-0.05, 0) is 56.3 Å². The van der Waals surface area contributed by atoms with E-state index in [0.717, 1.165) is 41.8 Å². The predicted molar refractivity (Wildman–Crippen MR) is 164 cm³/mol. The standard InChI is InChI=1S/C31H39F3N6O3S/c1-19(2)24-5-4-12-40(24)18-26-28(21-6-7-25(43-3)23(15-21)31(32,33)34)38-30(44-26)35-11-8-22-16-37-27(17-36-22)39-13-9-20(10-14-39)29(41)42/h6-7,15-17,19-20,24H,4-5,8-14,18H2,1-3H3,(H,35,38)(H,41,42). The lowest BCUT2D eigenvalue weighted by Crippen LogP contribution is -2.36. The first-order chi connectivity index (χ1) is 21.0. The quantitative estimate of drug-likeness (QED) is 0.256. The molecule has 2 N–H and O–H groups in total. The van der Waals surface area contributed by atoms with Crippen molar-refractivity contribution in [1.29, 1.82) is 0 Å². The first-order valence-electron chi connectivity index (χ1n) is 15.1. The second-order valence-corrected chi connectivity index (χ2v) is 12.9. The molecule has 0 radical (unpaired) electrons. The first kappa shape index (κ1) is 32.0. The van der Waals surface area contributed by atoms with Crippen LogP contribution in [0.3, 0.4) is 0 Å². The Hall–Kier alpha value is -3.45. The van der Waals surface area contributed by atoms with Gasteiger partial charge in [-0.1, -0.05) is 13.8 Å². The summed E-state index contributed by atoms with van der Waals surface area (Å²) in [5.74, 6) is -0.0520. The van der Waals surface area contributed by atoms with Gasteiger partial charge in [-0.2, -0.15) is 13.2 Å². The first-order valence-corrected chi connectivity index (χ1v) is 15.9. The van der Waals surface area contributed by atoms with Gasteiger partial charge in [0, 0.05) is 49.1 Å². The number of thiazole rings is 1. The zero-order valence-corrected chi connectivity index (χ0v) is 26.0. The minimum absolute atomic E-state index is 0.215. The van der Waals surface area contributed by atoms with Crippen LogP contribution in [0.1, 0.15) is 55.7 Å². The number of benzene rings is 1. The van der Waals surface area contributed by atoms with Crippen molar-refractivity contribution in [3.8, 4) is 17.0 Å². The van der Waals surface area contributed by atoms with Crippen LogP contribution in [-0.4, -0.2) is 70.3 Å². The summed E-state index contributed by atoms with van der Waals surface area (Å²) in [5.41, 5.74) is 0.934. The smallest absolute Gasteiger partial charge is 0.419 e. The molecule has 0 saturated carbocycles. The fraction of sp³-hybridized carbons (Fsp3) is 0.548. The van der Waals surface area contributed by atoms with Crippen LogP contribution in [0.15, 0.2) is 30.6 Å². The van der Waals surface area contributed by atoms with Crippen LogP contribution in [0.25, 0.3) is 11.3 Å². The van der Waals surface area contributed by atoms with Crippen molar-refractivity contribution in [1.82, 2.24) is 19.9 Å². The van der Waals surface area contributed by atoms with Crippen molar-refractivity contribution in [3.05, 3.63) is 46.7 Å². The molecule has 2 saturated heterocycles. The normalized spacial score (nSPS) is 18.2. The fourth-order valence-electron chi connectivity index (χ4n) is 6.12. The molecule has 0 amide bonds. The van der Waals surface area contributed by atoms with Crippen LogP contribution < -0.4 is 15.0 Å². The Balaban J connectivity index is 1.29. The maximum Gasteiger partial charge on any atom is 0.419 e. The second kappa shape index (κ2) is 13.7. The highest BCUT2D eigenvalue weighted by molar-refractivity contribution is 7.16. The van der Waals surface area contributed by atoms with Crippen LogP contribution in [0.4, 0.5) is 24.1 Å². The van der Waals surface area contributed by atoms with Gasteiger partial charge in [-0.25, -0.2) is 9.97 Å². The lowest BCUT2D eigenvalue weighted by Gasteiger charge is -2.30. The van der Waals surface area contributed by atoms with Gasteiger partial charge in [-0.15, -0.1) is 11.3 Å². The molecule has 238 valence electrons. The van der Waals surface area contributed by atoms with E-state index in [1.807, 2.05) is 0 Å². The van der Waals surface area contributed by atoms with E-state index in [9.17, 15) is 23.1 Å². The van der Waals surface area contributed by atoms with E-state index in [0.29, 0.717) is 73.8 Å². The summed E-state index contributed by atoms with van der Waals surface area (Å²) >= 11 is 1.48. The van der Waals surface area contributed by atoms with E-state index in [1.165, 1.54) is 24.5 Å². The number of rotatable bonds is 11. The van der Waals surface area contributed by atoms with E-state index >= 15 is 0 Å². The Morgan fingerprint density at radius 2 is 1.93 bits per heavy atom. The predicted octanol–water partition coefficient (Wildman–Crippen LogP) is 6.20. The number of hydrogen-bond donors (Lipinski definition) is 2. The molecular weight excluding hydrogens is 593 g/mol. The number of carboxylic acids is 1. The second-order valence-electron chi connectivity index (χ2n) is 11.8. The van der Waals surface area contributed by atoms with Crippen molar-refractivity contribution in [2.24, 2.45) is 11.8 Å². The van der Waals surface area contributed by atoms with Gasteiger partial charge < -0.3 is 20.1 Å². The average Bonchev–Trinajstić information content (AvgIpc) is 3.64. The molecule has 2 aliphatic heterocycles. The highest BCUT2D eigenvalue weighted by atomic mass is 32.1. The molecule has 1 unspecified atom stereocenters. The summed E-state index contributed by atoms with van der Waals surface area (Å²) in [7, 11) is 1.24. The number of aliphatic carboxylic acids is 1. The van der Waals surface area contributed by atoms with Crippen molar-refractivity contribution in [2.45, 2.75) is 64.7 Å². The Kier molecular flexibility index (Phi) is 9.94. The molecule has 3 aromatic rings. The van der Waals surface area contributed by atoms with Crippen LogP contribution in [0, 0.1) is 11.8 Å². The third kappa shape index (κ3) is 7.43. The lowest BCUT2D eigenvalue weighted by atomic mass is 9.97. The molecule has 0 aliphatic carbocycles. The molecule has 4 heterocycles. The van der Waals surface area contributed by atoms with Gasteiger partial charge in [0.15, 0.2) is 5.13 Å². The highest BCUT2D eigenvalue weighted by Crippen LogP contribution is 2.41. The molecule has 5 rings (SSSR count). The number of piperidine rings is 1. The maximum absolute atomic E-state index is 13.9. The fourth-order valence-corrected chi connectivity index (χ4v) is 7.15. The monoisotopic (exact) mass is 632 g/mol. The molecule has 1 aromatic carbocycles. The number of hydrogen-bond acceptors (Lipinski definition) is 9. The van der Waals surface area contributed by atoms with E-state index in [-0.39, 0.29) is 11.7 Å². The molecule has 44 heavy (non-hydrogen) atoms. The topological polar surface area (TPSA) is 104 Å². The number of nitrogens with zero attached hydrogens (tertiary/aromatic N) is 5. The van der Waals surface area contributed by atoms with Gasteiger partial charge in [0.1, 0.15) is 11.6 Å². The summed E-state index contributed by atoms with van der Waals surface area (Å²) in [6.45, 7) is 7.79.